The molecule has 5 atom stereocenters. The molecule has 5 aliphatic rings. The van der Waals surface area contributed by atoms with Gasteiger partial charge in [-0.05, 0) is 62.6 Å². The molecule has 1 aromatic rings. The van der Waals surface area contributed by atoms with E-state index in [4.69, 9.17) is 52.1 Å². The molecule has 2 N–H and O–H groups in total. The minimum Gasteiger partial charge on any atom is -0.504 e. The largest absolute Gasteiger partial charge is 0.504 e. The van der Waals surface area contributed by atoms with E-state index in [-0.39, 0.29) is 24.0 Å². The summed E-state index contributed by atoms with van der Waals surface area (Å²) in [4.78, 5) is 2.57. The Labute approximate surface area is 320 Å². The third-order valence-corrected chi connectivity index (χ3v) is 11.8. The summed E-state index contributed by atoms with van der Waals surface area (Å²) >= 11 is 0. The Morgan fingerprint density at radius 2 is 1.20 bits per heavy atom. The minimum atomic E-state index is -0.903. The predicted octanol–water partition coefficient (Wildman–Crippen LogP) is 2.51. The quantitative estimate of drug-likeness (QED) is 0.111. The summed E-state index contributed by atoms with van der Waals surface area (Å²) in [5.74, 6) is 1.46. The number of hydrogen-bond acceptors (Lipinski definition) is 14. The summed E-state index contributed by atoms with van der Waals surface area (Å²) in [6, 6.07) is 3.87. The summed E-state index contributed by atoms with van der Waals surface area (Å²) in [5.41, 5.74) is 0.768. The highest BCUT2D eigenvalue weighted by atomic mass is 16.6. The number of methoxy groups -OCH3 is 1. The van der Waals surface area contributed by atoms with Crippen LogP contribution in [0.4, 0.5) is 0 Å². The number of aromatic hydroxyl groups is 1. The molecule has 6 rings (SSSR count). The Hall–Kier alpha value is -1.66. The highest BCUT2D eigenvalue weighted by Gasteiger charge is 2.73. The molecule has 0 amide bonds. The number of ether oxygens (including phenoxy) is 11. The number of piperidine rings is 1. The Kier molecular flexibility index (Phi) is 16.9. The molecule has 2 aliphatic heterocycles. The molecule has 2 saturated carbocycles. The fourth-order valence-electron chi connectivity index (χ4n) is 9.02. The van der Waals surface area contributed by atoms with Crippen LogP contribution in [0.3, 0.4) is 0 Å². The minimum absolute atomic E-state index is 0.0617. The Morgan fingerprint density at radius 1 is 0.685 bits per heavy atom. The normalized spacial score (nSPS) is 27.2. The van der Waals surface area contributed by atoms with Crippen LogP contribution in [0, 0.1) is 5.92 Å². The van der Waals surface area contributed by atoms with Crippen LogP contribution in [-0.4, -0.2) is 178 Å². The molecule has 3 aliphatic carbocycles. The van der Waals surface area contributed by atoms with Crippen molar-refractivity contribution in [2.45, 2.75) is 74.2 Å². The molecule has 3 fully saturated rings. The summed E-state index contributed by atoms with van der Waals surface area (Å²) < 4.78 is 62.2. The van der Waals surface area contributed by atoms with Gasteiger partial charge in [0.25, 0.3) is 0 Å². The van der Waals surface area contributed by atoms with Gasteiger partial charge in [0.2, 0.25) is 0 Å². The second-order valence-electron chi connectivity index (χ2n) is 15.0. The zero-order valence-electron chi connectivity index (χ0n) is 32.4. The molecule has 14 nitrogen and oxygen atoms in total. The highest BCUT2D eigenvalue weighted by Crippen LogP contribution is 2.65. The van der Waals surface area contributed by atoms with E-state index < -0.39 is 11.0 Å². The van der Waals surface area contributed by atoms with Crippen molar-refractivity contribution in [2.24, 2.45) is 5.92 Å². The summed E-state index contributed by atoms with van der Waals surface area (Å²) in [6.07, 6.45) is 6.37. The van der Waals surface area contributed by atoms with Crippen LogP contribution >= 0.6 is 0 Å². The van der Waals surface area contributed by atoms with Crippen molar-refractivity contribution in [3.8, 4) is 11.5 Å². The lowest BCUT2D eigenvalue weighted by molar-refractivity contribution is -0.218. The van der Waals surface area contributed by atoms with E-state index in [9.17, 15) is 10.2 Å². The SMILES string of the molecule is COCCOCCOCCOCCOCCOCCOCCOCCOCCOC1CC[C@@]2(O)[C@H]3Cc4ccc(O)c5c4[C@@]2(CCN3CC2CCC2)[C@H]1O5. The molecule has 14 heteroatoms. The van der Waals surface area contributed by atoms with Gasteiger partial charge in [0.05, 0.1) is 136 Å². The molecule has 308 valence electrons. The van der Waals surface area contributed by atoms with Crippen molar-refractivity contribution in [3.63, 3.8) is 0 Å². The van der Waals surface area contributed by atoms with Crippen LogP contribution in [0.15, 0.2) is 12.1 Å². The second kappa shape index (κ2) is 21.8. The average Bonchev–Trinajstić information content (AvgIpc) is 3.51. The lowest BCUT2D eigenvalue weighted by Gasteiger charge is -2.64. The van der Waals surface area contributed by atoms with Gasteiger partial charge in [0, 0.05) is 25.3 Å². The molecule has 2 heterocycles. The third-order valence-electron chi connectivity index (χ3n) is 11.8. The number of likely N-dealkylation sites (tertiary alicyclic amines) is 1. The first-order valence-corrected chi connectivity index (χ1v) is 20.3. The van der Waals surface area contributed by atoms with Crippen molar-refractivity contribution in [3.05, 3.63) is 23.3 Å². The first-order chi connectivity index (χ1) is 26.6. The van der Waals surface area contributed by atoms with E-state index in [1.807, 2.05) is 6.07 Å². The molecule has 54 heavy (non-hydrogen) atoms. The number of aliphatic hydroxyl groups is 1. The van der Waals surface area contributed by atoms with Gasteiger partial charge in [-0.1, -0.05) is 12.5 Å². The molecule has 1 unspecified atom stereocenters. The number of benzene rings is 1. The molecule has 1 aromatic carbocycles. The molecular weight excluding hydrogens is 702 g/mol. The van der Waals surface area contributed by atoms with Gasteiger partial charge in [0.15, 0.2) is 11.5 Å². The maximum absolute atomic E-state index is 12.6. The van der Waals surface area contributed by atoms with Gasteiger partial charge in [-0.15, -0.1) is 0 Å². The van der Waals surface area contributed by atoms with E-state index in [1.165, 1.54) is 24.8 Å². The van der Waals surface area contributed by atoms with Crippen LogP contribution in [0.5, 0.6) is 11.5 Å². The van der Waals surface area contributed by atoms with Crippen molar-refractivity contribution in [1.29, 1.82) is 0 Å². The lowest BCUT2D eigenvalue weighted by atomic mass is 9.48. The van der Waals surface area contributed by atoms with E-state index in [1.54, 1.807) is 13.2 Å². The van der Waals surface area contributed by atoms with E-state index in [2.05, 4.69) is 4.90 Å². The van der Waals surface area contributed by atoms with Gasteiger partial charge in [-0.25, -0.2) is 0 Å². The predicted molar refractivity (Wildman–Crippen MR) is 198 cm³/mol. The fraction of sp³-hybridized carbons (Fsp3) is 0.850. The van der Waals surface area contributed by atoms with Crippen LogP contribution < -0.4 is 4.74 Å². The molecule has 0 radical (unpaired) electrons. The van der Waals surface area contributed by atoms with Crippen LogP contribution in [0.1, 0.15) is 49.7 Å². The molecular formula is C40H65NO13. The summed E-state index contributed by atoms with van der Waals surface area (Å²) in [7, 11) is 1.65. The van der Waals surface area contributed by atoms with Gasteiger partial charge >= 0.3 is 0 Å². The number of rotatable bonds is 30. The van der Waals surface area contributed by atoms with Gasteiger partial charge in [-0.2, -0.15) is 0 Å². The number of phenolic OH excluding ortho intramolecular Hbond substituents is 1. The average molecular weight is 768 g/mol. The Balaban J connectivity index is 0.756. The number of hydrogen-bond donors (Lipinski definition) is 2. The van der Waals surface area contributed by atoms with Crippen LogP contribution in [0.25, 0.3) is 0 Å². The van der Waals surface area contributed by atoms with Crippen molar-refractivity contribution < 1.29 is 62.3 Å². The zero-order chi connectivity index (χ0) is 37.5. The summed E-state index contributed by atoms with van der Waals surface area (Å²) in [6.45, 7) is 11.1. The van der Waals surface area contributed by atoms with Gasteiger partial charge in [0.1, 0.15) is 6.10 Å². The monoisotopic (exact) mass is 767 g/mol. The first kappa shape index (κ1) is 42.0. The van der Waals surface area contributed by atoms with Crippen LogP contribution in [0.2, 0.25) is 0 Å². The molecule has 1 spiro atoms. The van der Waals surface area contributed by atoms with Gasteiger partial charge in [-0.3, -0.25) is 4.90 Å². The molecule has 0 aromatic heterocycles. The maximum atomic E-state index is 12.6. The smallest absolute Gasteiger partial charge is 0.165 e. The zero-order valence-corrected chi connectivity index (χ0v) is 32.4. The second-order valence-corrected chi connectivity index (χ2v) is 15.0. The highest BCUT2D eigenvalue weighted by molar-refractivity contribution is 5.62. The van der Waals surface area contributed by atoms with E-state index in [0.29, 0.717) is 138 Å². The van der Waals surface area contributed by atoms with Crippen molar-refractivity contribution in [1.82, 2.24) is 4.90 Å². The number of nitrogens with zero attached hydrogens (tertiary/aromatic N) is 1. The van der Waals surface area contributed by atoms with E-state index >= 15 is 0 Å². The maximum Gasteiger partial charge on any atom is 0.165 e. The molecule has 1 saturated heterocycles. The topological polar surface area (TPSA) is 145 Å². The van der Waals surface area contributed by atoms with Gasteiger partial charge < -0.3 is 62.3 Å². The number of phenols is 1. The summed E-state index contributed by atoms with van der Waals surface area (Å²) in [5, 5.41) is 23.5. The van der Waals surface area contributed by atoms with Crippen molar-refractivity contribution in [2.75, 3.05) is 139 Å². The standard InChI is InChI=1S/C40H65NO13/c1-44-11-12-45-13-14-46-15-16-47-17-18-48-19-20-49-21-22-50-23-24-51-25-26-52-27-28-53-34-7-8-40(43)35-29-32-5-6-33(42)37-36(32)39(40,38(34)54-37)9-10-41(35)30-31-3-2-4-31/h5-6,31,34-35,38,42-43H,2-4,7-30H2,1H3/t34?,35-,38+,39+,40-/m1/s1. The fourth-order valence-corrected chi connectivity index (χ4v) is 9.02. The first-order valence-electron chi connectivity index (χ1n) is 20.3. The Bertz CT molecular complexity index is 1240. The van der Waals surface area contributed by atoms with E-state index in [0.717, 1.165) is 37.4 Å². The third kappa shape index (κ3) is 10.3. The lowest BCUT2D eigenvalue weighted by Crippen LogP contribution is -2.77. The van der Waals surface area contributed by atoms with Crippen LogP contribution in [-0.2, 0) is 59.2 Å². The Morgan fingerprint density at radius 3 is 1.70 bits per heavy atom. The van der Waals surface area contributed by atoms with Crippen molar-refractivity contribution >= 4 is 0 Å². The molecule has 2 bridgehead atoms.